The van der Waals surface area contributed by atoms with E-state index in [2.05, 4.69) is 11.9 Å². The Morgan fingerprint density at radius 1 is 1.05 bits per heavy atom. The summed E-state index contributed by atoms with van der Waals surface area (Å²) in [5, 5.41) is -0.169. The number of rotatable bonds is 4. The molecule has 0 radical (unpaired) electrons. The Bertz CT molecular complexity index is 396. The van der Waals surface area contributed by atoms with Crippen LogP contribution in [0.3, 0.4) is 0 Å². The van der Waals surface area contributed by atoms with E-state index in [4.69, 9.17) is 5.73 Å². The van der Waals surface area contributed by atoms with E-state index in [9.17, 15) is 8.42 Å². The summed E-state index contributed by atoms with van der Waals surface area (Å²) in [6, 6.07) is 0.679. The Morgan fingerprint density at radius 3 is 2.32 bits per heavy atom. The van der Waals surface area contributed by atoms with Crippen LogP contribution < -0.4 is 5.73 Å². The molecule has 2 saturated carbocycles. The van der Waals surface area contributed by atoms with Crippen LogP contribution in [-0.2, 0) is 9.84 Å². The van der Waals surface area contributed by atoms with Crippen molar-refractivity contribution in [2.24, 2.45) is 11.7 Å². The second kappa shape index (κ2) is 6.10. The first-order valence-electron chi connectivity index (χ1n) is 7.56. The zero-order valence-corrected chi connectivity index (χ0v) is 13.0. The Hall–Kier alpha value is -0.130. The van der Waals surface area contributed by atoms with E-state index in [0.717, 1.165) is 25.8 Å². The summed E-state index contributed by atoms with van der Waals surface area (Å²) in [6.07, 6.45) is 9.16. The molecule has 0 aromatic rings. The Labute approximate surface area is 117 Å². The lowest BCUT2D eigenvalue weighted by atomic mass is 9.83. The number of hydrogen-bond acceptors (Lipinski definition) is 4. The fourth-order valence-corrected chi connectivity index (χ4v) is 5.61. The maximum atomic E-state index is 11.9. The van der Waals surface area contributed by atoms with Crippen molar-refractivity contribution in [3.63, 3.8) is 0 Å². The van der Waals surface area contributed by atoms with Crippen LogP contribution in [0.5, 0.6) is 0 Å². The largest absolute Gasteiger partial charge is 0.330 e. The fourth-order valence-electron chi connectivity index (χ4n) is 4.12. The Balaban J connectivity index is 2.11. The maximum absolute atomic E-state index is 11.9. The first-order chi connectivity index (χ1) is 8.95. The second-order valence-electron chi connectivity index (χ2n) is 6.38. The fraction of sp³-hybridized carbons (Fsp3) is 1.00. The van der Waals surface area contributed by atoms with Crippen LogP contribution in [0.25, 0.3) is 0 Å². The minimum atomic E-state index is -2.93. The highest BCUT2D eigenvalue weighted by Crippen LogP contribution is 2.34. The molecule has 0 amide bonds. The molecule has 5 heteroatoms. The lowest BCUT2D eigenvalue weighted by molar-refractivity contribution is 0.0952. The third-order valence-electron chi connectivity index (χ3n) is 5.19. The van der Waals surface area contributed by atoms with Gasteiger partial charge in [0.15, 0.2) is 9.84 Å². The highest BCUT2D eigenvalue weighted by Gasteiger charge is 2.40. The van der Waals surface area contributed by atoms with E-state index in [1.807, 2.05) is 0 Å². The zero-order chi connectivity index (χ0) is 14.0. The molecule has 0 aliphatic heterocycles. The van der Waals surface area contributed by atoms with E-state index >= 15 is 0 Å². The number of hydrogen-bond donors (Lipinski definition) is 1. The average molecular weight is 288 g/mol. The van der Waals surface area contributed by atoms with Crippen molar-refractivity contribution in [3.05, 3.63) is 0 Å². The molecule has 19 heavy (non-hydrogen) atoms. The van der Waals surface area contributed by atoms with Crippen LogP contribution >= 0.6 is 0 Å². The van der Waals surface area contributed by atoms with Gasteiger partial charge in [0.05, 0.1) is 5.25 Å². The van der Waals surface area contributed by atoms with Gasteiger partial charge in [-0.15, -0.1) is 0 Å². The van der Waals surface area contributed by atoms with Crippen LogP contribution in [0, 0.1) is 5.92 Å². The van der Waals surface area contributed by atoms with Gasteiger partial charge in [-0.1, -0.05) is 19.3 Å². The summed E-state index contributed by atoms with van der Waals surface area (Å²) in [5.41, 5.74) is 5.91. The lowest BCUT2D eigenvalue weighted by Gasteiger charge is -2.42. The van der Waals surface area contributed by atoms with E-state index < -0.39 is 9.84 Å². The zero-order valence-electron chi connectivity index (χ0n) is 12.2. The third-order valence-corrected chi connectivity index (χ3v) is 6.84. The molecule has 0 spiro atoms. The molecule has 4 atom stereocenters. The summed E-state index contributed by atoms with van der Waals surface area (Å²) in [5.74, 6) is 0.541. The Kier molecular flexibility index (Phi) is 4.90. The molecule has 2 aliphatic rings. The van der Waals surface area contributed by atoms with Gasteiger partial charge in [0.1, 0.15) is 0 Å². The molecular formula is C14H28N2O2S. The highest BCUT2D eigenvalue weighted by molar-refractivity contribution is 7.91. The van der Waals surface area contributed by atoms with Gasteiger partial charge in [-0.3, -0.25) is 4.90 Å². The highest BCUT2D eigenvalue weighted by atomic mass is 32.2. The molecular weight excluding hydrogens is 260 g/mol. The van der Waals surface area contributed by atoms with Crippen LogP contribution in [0.2, 0.25) is 0 Å². The topological polar surface area (TPSA) is 63.4 Å². The van der Waals surface area contributed by atoms with Crippen LogP contribution in [-0.4, -0.2) is 50.5 Å². The van der Waals surface area contributed by atoms with Crippen LogP contribution in [0.1, 0.15) is 44.9 Å². The number of nitrogens with zero attached hydrogens (tertiary/aromatic N) is 1. The first-order valence-corrected chi connectivity index (χ1v) is 9.51. The predicted octanol–water partition coefficient (Wildman–Crippen LogP) is 1.40. The molecule has 112 valence electrons. The molecule has 0 saturated heterocycles. The predicted molar refractivity (Wildman–Crippen MR) is 78.8 cm³/mol. The van der Waals surface area contributed by atoms with Gasteiger partial charge in [-0.25, -0.2) is 8.42 Å². The van der Waals surface area contributed by atoms with Crippen molar-refractivity contribution in [2.75, 3.05) is 19.8 Å². The van der Waals surface area contributed by atoms with Crippen molar-refractivity contribution in [3.8, 4) is 0 Å². The monoisotopic (exact) mass is 288 g/mol. The van der Waals surface area contributed by atoms with Gasteiger partial charge in [-0.2, -0.15) is 0 Å². The quantitative estimate of drug-likeness (QED) is 0.849. The normalized spacial score (nSPS) is 36.8. The maximum Gasteiger partial charge on any atom is 0.151 e. The number of nitrogens with two attached hydrogens (primary N) is 1. The van der Waals surface area contributed by atoms with Crippen molar-refractivity contribution >= 4 is 9.84 Å². The lowest BCUT2D eigenvalue weighted by Crippen LogP contribution is -2.51. The smallest absolute Gasteiger partial charge is 0.151 e. The van der Waals surface area contributed by atoms with E-state index in [-0.39, 0.29) is 11.3 Å². The molecule has 0 bridgehead atoms. The van der Waals surface area contributed by atoms with Gasteiger partial charge in [0.2, 0.25) is 0 Å². The standard InChI is InChI=1S/C14H28N2O2S/c1-16(12-7-4-3-6-11(12)10-15)13-8-5-9-14(13)19(2,17)18/h11-14H,3-10,15H2,1-2H3. The minimum absolute atomic E-state index is 0.169. The average Bonchev–Trinajstić information content (AvgIpc) is 2.87. The Morgan fingerprint density at radius 2 is 1.68 bits per heavy atom. The van der Waals surface area contributed by atoms with Crippen LogP contribution in [0.4, 0.5) is 0 Å². The molecule has 0 heterocycles. The van der Waals surface area contributed by atoms with E-state index in [0.29, 0.717) is 12.0 Å². The number of sulfone groups is 1. The van der Waals surface area contributed by atoms with E-state index in [1.54, 1.807) is 0 Å². The van der Waals surface area contributed by atoms with E-state index in [1.165, 1.54) is 31.9 Å². The van der Waals surface area contributed by atoms with Gasteiger partial charge in [0, 0.05) is 18.3 Å². The van der Waals surface area contributed by atoms with Crippen LogP contribution in [0.15, 0.2) is 0 Å². The first kappa shape index (κ1) is 15.3. The SMILES string of the molecule is CN(C1CCCCC1CN)C1CCCC1S(C)(=O)=O. The van der Waals surface area contributed by atoms with Gasteiger partial charge in [-0.05, 0) is 45.2 Å². The molecule has 0 aromatic heterocycles. The van der Waals surface area contributed by atoms with Crippen molar-refractivity contribution < 1.29 is 8.42 Å². The van der Waals surface area contributed by atoms with Crippen molar-refractivity contribution in [2.45, 2.75) is 62.3 Å². The van der Waals surface area contributed by atoms with Gasteiger partial charge >= 0.3 is 0 Å². The molecule has 2 rings (SSSR count). The van der Waals surface area contributed by atoms with Crippen molar-refractivity contribution in [1.82, 2.24) is 4.90 Å². The summed E-state index contributed by atoms with van der Waals surface area (Å²) < 4.78 is 23.9. The minimum Gasteiger partial charge on any atom is -0.330 e. The summed E-state index contributed by atoms with van der Waals surface area (Å²) in [6.45, 7) is 0.727. The summed E-state index contributed by atoms with van der Waals surface area (Å²) >= 11 is 0. The molecule has 2 N–H and O–H groups in total. The molecule has 0 aromatic carbocycles. The molecule has 2 fully saturated rings. The van der Waals surface area contributed by atoms with Gasteiger partial charge < -0.3 is 5.73 Å². The second-order valence-corrected chi connectivity index (χ2v) is 8.64. The third kappa shape index (κ3) is 3.31. The molecule has 4 unspecified atom stereocenters. The summed E-state index contributed by atoms with van der Waals surface area (Å²) in [7, 11) is -0.815. The van der Waals surface area contributed by atoms with Gasteiger partial charge in [0.25, 0.3) is 0 Å². The van der Waals surface area contributed by atoms with Crippen molar-refractivity contribution in [1.29, 1.82) is 0 Å². The summed E-state index contributed by atoms with van der Waals surface area (Å²) in [4.78, 5) is 2.36. The molecule has 2 aliphatic carbocycles. The molecule has 4 nitrogen and oxygen atoms in total.